The zero-order valence-corrected chi connectivity index (χ0v) is 17.1. The zero-order valence-electron chi connectivity index (χ0n) is 17.1. The van der Waals surface area contributed by atoms with Crippen molar-refractivity contribution in [1.29, 1.82) is 0 Å². The van der Waals surface area contributed by atoms with Crippen LogP contribution < -0.4 is 10.6 Å². The summed E-state index contributed by atoms with van der Waals surface area (Å²) in [5.74, 6) is 1.75. The molecule has 0 aromatic carbocycles. The molecule has 2 saturated carbocycles. The van der Waals surface area contributed by atoms with Gasteiger partial charge in [-0.15, -0.1) is 0 Å². The minimum atomic E-state index is -0.00673. The fraction of sp³-hybridized carbons (Fsp3) is 0.955. The van der Waals surface area contributed by atoms with E-state index < -0.39 is 0 Å². The molecule has 2 atom stereocenters. The van der Waals surface area contributed by atoms with Crippen LogP contribution in [0.4, 0.5) is 0 Å². The summed E-state index contributed by atoms with van der Waals surface area (Å²) < 4.78 is 4.91. The molecule has 2 aliphatic rings. The van der Waals surface area contributed by atoms with E-state index in [1.165, 1.54) is 71.4 Å². The van der Waals surface area contributed by atoms with Crippen molar-refractivity contribution in [2.75, 3.05) is 33.3 Å². The summed E-state index contributed by atoms with van der Waals surface area (Å²) in [6, 6.07) is 0. The Morgan fingerprint density at radius 1 is 0.731 bits per heavy atom. The maximum absolute atomic E-state index is 11.7. The fourth-order valence-corrected chi connectivity index (χ4v) is 4.70. The summed E-state index contributed by atoms with van der Waals surface area (Å²) in [5.41, 5.74) is 0. The minimum absolute atomic E-state index is 0.00673. The Bertz CT molecular complexity index is 365. The quantitative estimate of drug-likeness (QED) is 0.382. The second-order valence-electron chi connectivity index (χ2n) is 8.57. The van der Waals surface area contributed by atoms with E-state index in [4.69, 9.17) is 4.74 Å². The van der Waals surface area contributed by atoms with E-state index in [0.29, 0.717) is 0 Å². The van der Waals surface area contributed by atoms with Gasteiger partial charge in [0.15, 0.2) is 0 Å². The number of carbonyl (C=O) groups is 1. The van der Waals surface area contributed by atoms with Crippen molar-refractivity contribution < 1.29 is 9.53 Å². The third kappa shape index (κ3) is 8.85. The Labute approximate surface area is 161 Å². The molecule has 0 aromatic heterocycles. The molecular weight excluding hydrogens is 324 g/mol. The third-order valence-electron chi connectivity index (χ3n) is 6.44. The summed E-state index contributed by atoms with van der Waals surface area (Å²) >= 11 is 0. The van der Waals surface area contributed by atoms with E-state index >= 15 is 0 Å². The van der Waals surface area contributed by atoms with Crippen LogP contribution in [-0.4, -0.2) is 39.3 Å². The fourth-order valence-electron chi connectivity index (χ4n) is 4.70. The van der Waals surface area contributed by atoms with Gasteiger partial charge in [0.05, 0.1) is 13.0 Å². The van der Waals surface area contributed by atoms with E-state index in [1.54, 1.807) is 0 Å². The molecule has 4 nitrogen and oxygen atoms in total. The normalized spacial score (nSPS) is 26.3. The number of esters is 1. The molecule has 0 bridgehead atoms. The monoisotopic (exact) mass is 366 g/mol. The van der Waals surface area contributed by atoms with Crippen molar-refractivity contribution in [2.45, 2.75) is 83.5 Å². The maximum atomic E-state index is 11.7. The van der Waals surface area contributed by atoms with Gasteiger partial charge in [0.25, 0.3) is 0 Å². The average Bonchev–Trinajstić information content (AvgIpc) is 2.81. The van der Waals surface area contributed by atoms with E-state index in [9.17, 15) is 4.79 Å². The van der Waals surface area contributed by atoms with Gasteiger partial charge < -0.3 is 15.4 Å². The second kappa shape index (κ2) is 13.5. The highest BCUT2D eigenvalue weighted by molar-refractivity contribution is 5.72. The van der Waals surface area contributed by atoms with Gasteiger partial charge in [-0.3, -0.25) is 4.79 Å². The number of rotatable bonds is 8. The van der Waals surface area contributed by atoms with Crippen molar-refractivity contribution in [3.63, 3.8) is 0 Å². The van der Waals surface area contributed by atoms with Crippen LogP contribution in [0.25, 0.3) is 0 Å². The standard InChI is InChI=1S/C22H42N2O2/c1-26-22(25)21-12-8-11-20(13-14-21)18-24-16-15-23-17-19-9-6-4-2-3-5-7-10-19/h19-21,23-24H,2-18H2,1H3. The molecule has 0 aliphatic heterocycles. The largest absolute Gasteiger partial charge is 0.469 e. The molecule has 2 fully saturated rings. The Hall–Kier alpha value is -0.610. The number of hydrogen-bond acceptors (Lipinski definition) is 4. The second-order valence-corrected chi connectivity index (χ2v) is 8.57. The van der Waals surface area contributed by atoms with Crippen LogP contribution in [0.15, 0.2) is 0 Å². The van der Waals surface area contributed by atoms with E-state index in [-0.39, 0.29) is 11.9 Å². The molecule has 0 spiro atoms. The molecule has 0 amide bonds. The third-order valence-corrected chi connectivity index (χ3v) is 6.44. The molecule has 0 heterocycles. The lowest BCUT2D eigenvalue weighted by Gasteiger charge is -2.18. The molecular formula is C22H42N2O2. The maximum Gasteiger partial charge on any atom is 0.308 e. The van der Waals surface area contributed by atoms with Crippen molar-refractivity contribution in [2.24, 2.45) is 17.8 Å². The van der Waals surface area contributed by atoms with Crippen molar-refractivity contribution in [1.82, 2.24) is 10.6 Å². The number of carbonyl (C=O) groups excluding carboxylic acids is 1. The van der Waals surface area contributed by atoms with E-state index in [2.05, 4.69) is 10.6 Å². The smallest absolute Gasteiger partial charge is 0.308 e. The Morgan fingerprint density at radius 2 is 1.27 bits per heavy atom. The van der Waals surface area contributed by atoms with Gasteiger partial charge in [-0.2, -0.15) is 0 Å². The Morgan fingerprint density at radius 3 is 1.88 bits per heavy atom. The van der Waals surface area contributed by atoms with Crippen molar-refractivity contribution in [3.05, 3.63) is 0 Å². The summed E-state index contributed by atoms with van der Waals surface area (Å²) in [6.07, 6.45) is 17.0. The zero-order chi connectivity index (χ0) is 18.5. The molecule has 26 heavy (non-hydrogen) atoms. The van der Waals surface area contributed by atoms with Gasteiger partial charge in [0.1, 0.15) is 0 Å². The molecule has 0 aromatic rings. The predicted molar refractivity (Wildman–Crippen MR) is 108 cm³/mol. The molecule has 2 N–H and O–H groups in total. The van der Waals surface area contributed by atoms with Crippen LogP contribution in [0.1, 0.15) is 83.5 Å². The topological polar surface area (TPSA) is 50.4 Å². The van der Waals surface area contributed by atoms with Gasteiger partial charge in [-0.25, -0.2) is 0 Å². The summed E-state index contributed by atoms with van der Waals surface area (Å²) in [7, 11) is 1.51. The van der Waals surface area contributed by atoms with Gasteiger partial charge in [-0.05, 0) is 63.5 Å². The molecule has 2 unspecified atom stereocenters. The first-order valence-electron chi connectivity index (χ1n) is 11.3. The molecule has 0 radical (unpaired) electrons. The Kier molecular flexibility index (Phi) is 11.3. The summed E-state index contributed by atoms with van der Waals surface area (Å²) in [5, 5.41) is 7.31. The predicted octanol–water partition coefficient (Wildman–Crippen LogP) is 4.29. The van der Waals surface area contributed by atoms with Crippen molar-refractivity contribution >= 4 is 5.97 Å². The highest BCUT2D eigenvalue weighted by atomic mass is 16.5. The lowest BCUT2D eigenvalue weighted by atomic mass is 9.97. The lowest BCUT2D eigenvalue weighted by Crippen LogP contribution is -2.33. The number of hydrogen-bond donors (Lipinski definition) is 2. The van der Waals surface area contributed by atoms with E-state index in [1.807, 2.05) is 0 Å². The van der Waals surface area contributed by atoms with Gasteiger partial charge in [0.2, 0.25) is 0 Å². The molecule has 152 valence electrons. The molecule has 0 saturated heterocycles. The van der Waals surface area contributed by atoms with Crippen LogP contribution in [0.2, 0.25) is 0 Å². The van der Waals surface area contributed by atoms with Gasteiger partial charge >= 0.3 is 5.97 Å². The first-order valence-corrected chi connectivity index (χ1v) is 11.3. The molecule has 2 aliphatic carbocycles. The van der Waals surface area contributed by atoms with Crippen LogP contribution in [0.3, 0.4) is 0 Å². The number of methoxy groups -OCH3 is 1. The van der Waals surface area contributed by atoms with Crippen LogP contribution in [-0.2, 0) is 9.53 Å². The lowest BCUT2D eigenvalue weighted by molar-refractivity contribution is -0.145. The Balaban J connectivity index is 1.50. The van der Waals surface area contributed by atoms with Crippen LogP contribution in [0.5, 0.6) is 0 Å². The summed E-state index contributed by atoms with van der Waals surface area (Å²) in [4.78, 5) is 11.7. The molecule has 4 heteroatoms. The highest BCUT2D eigenvalue weighted by Gasteiger charge is 2.24. The number of nitrogens with one attached hydrogen (secondary N) is 2. The van der Waals surface area contributed by atoms with Gasteiger partial charge in [-0.1, -0.05) is 44.9 Å². The SMILES string of the molecule is COC(=O)C1CCCC(CNCCNCC2CCCCCCCC2)CC1. The first kappa shape index (κ1) is 21.7. The van der Waals surface area contributed by atoms with Crippen LogP contribution in [0, 0.1) is 17.8 Å². The summed E-state index contributed by atoms with van der Waals surface area (Å²) in [6.45, 7) is 4.43. The number of ether oxygens (including phenoxy) is 1. The minimum Gasteiger partial charge on any atom is -0.469 e. The van der Waals surface area contributed by atoms with E-state index in [0.717, 1.165) is 57.2 Å². The molecule has 2 rings (SSSR count). The highest BCUT2D eigenvalue weighted by Crippen LogP contribution is 2.27. The first-order chi connectivity index (χ1) is 12.8. The van der Waals surface area contributed by atoms with Gasteiger partial charge in [0, 0.05) is 13.1 Å². The van der Waals surface area contributed by atoms with Crippen LogP contribution >= 0.6 is 0 Å². The average molecular weight is 367 g/mol. The van der Waals surface area contributed by atoms with Crippen molar-refractivity contribution in [3.8, 4) is 0 Å².